The first kappa shape index (κ1) is 13.3. The lowest BCUT2D eigenvalue weighted by Gasteiger charge is -2.12. The lowest BCUT2D eigenvalue weighted by molar-refractivity contribution is -0.120. The molecule has 0 bridgehead atoms. The normalized spacial score (nSPS) is 12.0. The Morgan fingerprint density at radius 2 is 2.00 bits per heavy atom. The molecular formula is C12H13F2NO2. The zero-order valence-electron chi connectivity index (χ0n) is 9.59. The standard InChI is InChI=1S/C12H13F2NO2/c1-3-11(16)7(2)15-12(17)9-6-8(13)4-5-10(9)14/h4-7H,3H2,1-2H3,(H,15,17). The fourth-order valence-corrected chi connectivity index (χ4v) is 1.33. The fraction of sp³-hybridized carbons (Fsp3) is 0.333. The number of ketones is 1. The molecule has 0 aliphatic carbocycles. The maximum Gasteiger partial charge on any atom is 0.254 e. The molecule has 1 N–H and O–H groups in total. The van der Waals surface area contributed by atoms with E-state index in [1.807, 2.05) is 0 Å². The average Bonchev–Trinajstić information content (AvgIpc) is 2.30. The summed E-state index contributed by atoms with van der Waals surface area (Å²) in [6.07, 6.45) is 0.271. The maximum atomic E-state index is 13.2. The number of Topliss-reactive ketones (excluding diaryl/α,β-unsaturated/α-hetero) is 1. The minimum Gasteiger partial charge on any atom is -0.342 e. The molecule has 5 heteroatoms. The summed E-state index contributed by atoms with van der Waals surface area (Å²) in [5.41, 5.74) is -0.402. The van der Waals surface area contributed by atoms with Gasteiger partial charge in [-0.05, 0) is 25.1 Å². The summed E-state index contributed by atoms with van der Waals surface area (Å²) in [5, 5.41) is 2.32. The van der Waals surface area contributed by atoms with Gasteiger partial charge in [-0.15, -0.1) is 0 Å². The van der Waals surface area contributed by atoms with Crippen LogP contribution in [0.2, 0.25) is 0 Å². The van der Waals surface area contributed by atoms with E-state index in [2.05, 4.69) is 5.32 Å². The van der Waals surface area contributed by atoms with Gasteiger partial charge in [-0.1, -0.05) is 6.92 Å². The summed E-state index contributed by atoms with van der Waals surface area (Å²) >= 11 is 0. The second-order valence-electron chi connectivity index (χ2n) is 3.64. The van der Waals surface area contributed by atoms with E-state index in [0.717, 1.165) is 18.2 Å². The van der Waals surface area contributed by atoms with Crippen LogP contribution in [0.4, 0.5) is 8.78 Å². The largest absolute Gasteiger partial charge is 0.342 e. The van der Waals surface area contributed by atoms with Crippen LogP contribution >= 0.6 is 0 Å². The minimum atomic E-state index is -0.819. The van der Waals surface area contributed by atoms with Crippen LogP contribution in [-0.4, -0.2) is 17.7 Å². The van der Waals surface area contributed by atoms with E-state index in [1.54, 1.807) is 6.92 Å². The Morgan fingerprint density at radius 3 is 2.59 bits per heavy atom. The van der Waals surface area contributed by atoms with E-state index >= 15 is 0 Å². The Morgan fingerprint density at radius 1 is 1.35 bits per heavy atom. The van der Waals surface area contributed by atoms with Gasteiger partial charge in [0.15, 0.2) is 5.78 Å². The molecule has 1 aromatic rings. The second kappa shape index (κ2) is 5.52. The number of carbonyl (C=O) groups is 2. The Balaban J connectivity index is 2.83. The highest BCUT2D eigenvalue weighted by molar-refractivity contribution is 5.97. The zero-order chi connectivity index (χ0) is 13.0. The molecule has 0 aromatic heterocycles. The summed E-state index contributed by atoms with van der Waals surface area (Å²) in [6.45, 7) is 3.16. The lowest BCUT2D eigenvalue weighted by atomic mass is 10.1. The summed E-state index contributed by atoms with van der Waals surface area (Å²) < 4.78 is 26.1. The number of nitrogens with one attached hydrogen (secondary N) is 1. The predicted molar refractivity (Wildman–Crippen MR) is 58.6 cm³/mol. The van der Waals surface area contributed by atoms with E-state index in [-0.39, 0.29) is 12.2 Å². The van der Waals surface area contributed by atoms with Crippen LogP contribution in [0.25, 0.3) is 0 Å². The highest BCUT2D eigenvalue weighted by atomic mass is 19.1. The molecule has 1 amide bonds. The molecule has 0 fully saturated rings. The molecule has 92 valence electrons. The third-order valence-electron chi connectivity index (χ3n) is 2.35. The van der Waals surface area contributed by atoms with Crippen molar-refractivity contribution in [3.05, 3.63) is 35.4 Å². The molecule has 0 saturated heterocycles. The van der Waals surface area contributed by atoms with Crippen molar-refractivity contribution >= 4 is 11.7 Å². The van der Waals surface area contributed by atoms with Crippen molar-refractivity contribution in [1.29, 1.82) is 0 Å². The first-order valence-corrected chi connectivity index (χ1v) is 5.24. The molecule has 0 spiro atoms. The first-order valence-electron chi connectivity index (χ1n) is 5.24. The van der Waals surface area contributed by atoms with Crippen LogP contribution in [0.3, 0.4) is 0 Å². The molecular weight excluding hydrogens is 228 g/mol. The van der Waals surface area contributed by atoms with Crippen LogP contribution < -0.4 is 5.32 Å². The van der Waals surface area contributed by atoms with E-state index in [1.165, 1.54) is 6.92 Å². The molecule has 0 saturated carbocycles. The summed E-state index contributed by atoms with van der Waals surface area (Å²) in [7, 11) is 0. The molecule has 1 rings (SSSR count). The van der Waals surface area contributed by atoms with E-state index in [0.29, 0.717) is 0 Å². The van der Waals surface area contributed by atoms with Crippen molar-refractivity contribution in [1.82, 2.24) is 5.32 Å². The highest BCUT2D eigenvalue weighted by Gasteiger charge is 2.18. The number of benzene rings is 1. The van der Waals surface area contributed by atoms with Crippen LogP contribution in [0, 0.1) is 11.6 Å². The monoisotopic (exact) mass is 241 g/mol. The summed E-state index contributed by atoms with van der Waals surface area (Å²) in [5.74, 6) is -2.49. The molecule has 0 radical (unpaired) electrons. The molecule has 0 heterocycles. The quantitative estimate of drug-likeness (QED) is 0.877. The van der Waals surface area contributed by atoms with Crippen molar-refractivity contribution in [3.63, 3.8) is 0 Å². The Bertz CT molecular complexity index is 446. The van der Waals surface area contributed by atoms with Gasteiger partial charge in [-0.3, -0.25) is 9.59 Å². The minimum absolute atomic E-state index is 0.171. The zero-order valence-corrected chi connectivity index (χ0v) is 9.59. The van der Waals surface area contributed by atoms with Gasteiger partial charge >= 0.3 is 0 Å². The van der Waals surface area contributed by atoms with Gasteiger partial charge in [-0.2, -0.15) is 0 Å². The Kier molecular flexibility index (Phi) is 4.31. The topological polar surface area (TPSA) is 46.2 Å². The SMILES string of the molecule is CCC(=O)C(C)NC(=O)c1cc(F)ccc1F. The van der Waals surface area contributed by atoms with Gasteiger partial charge in [0.05, 0.1) is 11.6 Å². The smallest absolute Gasteiger partial charge is 0.254 e. The second-order valence-corrected chi connectivity index (χ2v) is 3.64. The third kappa shape index (κ3) is 3.34. The summed E-state index contributed by atoms with van der Waals surface area (Å²) in [4.78, 5) is 22.8. The van der Waals surface area contributed by atoms with E-state index in [9.17, 15) is 18.4 Å². The number of hydrogen-bond acceptors (Lipinski definition) is 2. The van der Waals surface area contributed by atoms with Gasteiger partial charge in [0.2, 0.25) is 0 Å². The molecule has 0 aliphatic heterocycles. The van der Waals surface area contributed by atoms with Crippen LogP contribution in [0.5, 0.6) is 0 Å². The molecule has 17 heavy (non-hydrogen) atoms. The number of hydrogen-bond donors (Lipinski definition) is 1. The molecule has 1 aromatic carbocycles. The van der Waals surface area contributed by atoms with Crippen LogP contribution in [0.15, 0.2) is 18.2 Å². The number of rotatable bonds is 4. The van der Waals surface area contributed by atoms with Crippen LogP contribution in [-0.2, 0) is 4.79 Å². The molecule has 0 aliphatic rings. The van der Waals surface area contributed by atoms with E-state index in [4.69, 9.17) is 0 Å². The fourth-order valence-electron chi connectivity index (χ4n) is 1.33. The molecule has 1 unspecified atom stereocenters. The lowest BCUT2D eigenvalue weighted by Crippen LogP contribution is -2.38. The van der Waals surface area contributed by atoms with Crippen molar-refractivity contribution in [2.75, 3.05) is 0 Å². The number of carbonyl (C=O) groups excluding carboxylic acids is 2. The maximum absolute atomic E-state index is 13.2. The number of amides is 1. The van der Waals surface area contributed by atoms with Gasteiger partial charge in [0.1, 0.15) is 11.6 Å². The van der Waals surface area contributed by atoms with Gasteiger partial charge < -0.3 is 5.32 Å². The van der Waals surface area contributed by atoms with Crippen molar-refractivity contribution < 1.29 is 18.4 Å². The highest BCUT2D eigenvalue weighted by Crippen LogP contribution is 2.09. The average molecular weight is 241 g/mol. The van der Waals surface area contributed by atoms with Crippen molar-refractivity contribution in [2.24, 2.45) is 0 Å². The van der Waals surface area contributed by atoms with E-state index < -0.39 is 29.1 Å². The number of halogens is 2. The van der Waals surface area contributed by atoms with Gasteiger partial charge in [0, 0.05) is 6.42 Å². The Hall–Kier alpha value is -1.78. The molecule has 1 atom stereocenters. The Labute approximate surface area is 97.8 Å². The summed E-state index contributed by atoms with van der Waals surface area (Å²) in [6, 6.07) is 1.88. The van der Waals surface area contributed by atoms with Crippen LogP contribution in [0.1, 0.15) is 30.6 Å². The van der Waals surface area contributed by atoms with Gasteiger partial charge in [-0.25, -0.2) is 8.78 Å². The predicted octanol–water partition coefficient (Wildman–Crippen LogP) is 2.06. The third-order valence-corrected chi connectivity index (χ3v) is 2.35. The van der Waals surface area contributed by atoms with Gasteiger partial charge in [0.25, 0.3) is 5.91 Å². The van der Waals surface area contributed by atoms with Crippen molar-refractivity contribution in [2.45, 2.75) is 26.3 Å². The van der Waals surface area contributed by atoms with Crippen molar-refractivity contribution in [3.8, 4) is 0 Å². The molecule has 3 nitrogen and oxygen atoms in total. The first-order chi connectivity index (χ1) is 7.95.